The maximum Gasteiger partial charge on any atom is 0.253 e. The predicted octanol–water partition coefficient (Wildman–Crippen LogP) is 4.46. The Bertz CT molecular complexity index is 676. The van der Waals surface area contributed by atoms with Crippen LogP contribution in [0.5, 0.6) is 0 Å². The molecular weight excluding hydrogens is 343 g/mol. The molecule has 3 nitrogen and oxygen atoms in total. The summed E-state index contributed by atoms with van der Waals surface area (Å²) in [5, 5.41) is 4.32. The van der Waals surface area contributed by atoms with Crippen molar-refractivity contribution in [1.82, 2.24) is 10.2 Å². The molecule has 0 aliphatic rings. The molecule has 1 unspecified atom stereocenters. The number of likely N-dealkylation sites (N-methyl/N-ethyl adjacent to an activating group) is 1. The van der Waals surface area contributed by atoms with Crippen LogP contribution in [0.4, 0.5) is 0 Å². The number of nitrogens with zero attached hydrogens (tertiary/aromatic N) is 1. The smallest absolute Gasteiger partial charge is 0.253 e. The Labute approximate surface area is 153 Å². The van der Waals surface area contributed by atoms with E-state index in [1.807, 2.05) is 62.6 Å². The second-order valence-electron chi connectivity index (χ2n) is 5.81. The van der Waals surface area contributed by atoms with Gasteiger partial charge in [0.2, 0.25) is 0 Å². The zero-order valence-electron chi connectivity index (χ0n) is 13.9. The second kappa shape index (κ2) is 9.07. The van der Waals surface area contributed by atoms with Gasteiger partial charge in [-0.25, -0.2) is 0 Å². The van der Waals surface area contributed by atoms with Crippen molar-refractivity contribution < 1.29 is 4.79 Å². The third kappa shape index (κ3) is 4.97. The molecule has 1 amide bonds. The maximum absolute atomic E-state index is 12.4. The first-order valence-electron chi connectivity index (χ1n) is 7.93. The topological polar surface area (TPSA) is 32.3 Å². The molecule has 0 heterocycles. The zero-order valence-corrected chi connectivity index (χ0v) is 15.4. The fraction of sp³-hybridized carbons (Fsp3) is 0.316. The molecule has 0 fully saturated rings. The maximum atomic E-state index is 12.4. The van der Waals surface area contributed by atoms with Gasteiger partial charge in [0.05, 0.1) is 10.0 Å². The molecule has 128 valence electrons. The summed E-state index contributed by atoms with van der Waals surface area (Å²) in [6.07, 6.45) is 0.841. The van der Waals surface area contributed by atoms with E-state index in [4.69, 9.17) is 23.2 Å². The summed E-state index contributed by atoms with van der Waals surface area (Å²) in [4.78, 5) is 14.2. The molecule has 1 atom stereocenters. The molecule has 2 aromatic carbocycles. The van der Waals surface area contributed by atoms with Gasteiger partial charge in [0.15, 0.2) is 0 Å². The monoisotopic (exact) mass is 364 g/mol. The number of halogens is 2. The summed E-state index contributed by atoms with van der Waals surface area (Å²) in [5.74, 6) is 0.295. The summed E-state index contributed by atoms with van der Waals surface area (Å²) >= 11 is 12.1. The molecule has 0 aliphatic carbocycles. The number of carbonyl (C=O) groups excluding carboxylic acids is 1. The van der Waals surface area contributed by atoms with Gasteiger partial charge in [0.1, 0.15) is 0 Å². The number of benzene rings is 2. The van der Waals surface area contributed by atoms with Gasteiger partial charge in [-0.2, -0.15) is 0 Å². The lowest BCUT2D eigenvalue weighted by Gasteiger charge is -2.22. The number of amides is 1. The molecule has 2 rings (SSSR count). The van der Waals surface area contributed by atoms with Gasteiger partial charge in [-0.1, -0.05) is 47.5 Å². The van der Waals surface area contributed by atoms with E-state index in [0.717, 1.165) is 18.5 Å². The highest BCUT2D eigenvalue weighted by atomic mass is 35.5. The van der Waals surface area contributed by atoms with Crippen molar-refractivity contribution in [2.24, 2.45) is 0 Å². The molecule has 2 aromatic rings. The van der Waals surface area contributed by atoms with Crippen LogP contribution >= 0.6 is 23.2 Å². The van der Waals surface area contributed by atoms with E-state index in [1.54, 1.807) is 4.90 Å². The van der Waals surface area contributed by atoms with Crippen LogP contribution in [0.15, 0.2) is 48.5 Å². The summed E-state index contributed by atoms with van der Waals surface area (Å²) in [6, 6.07) is 15.1. The lowest BCUT2D eigenvalue weighted by molar-refractivity contribution is 0.0791. The normalized spacial score (nSPS) is 12.0. The van der Waals surface area contributed by atoms with E-state index >= 15 is 0 Å². The van der Waals surface area contributed by atoms with Crippen molar-refractivity contribution in [1.29, 1.82) is 0 Å². The SMILES string of the molecule is CNCC(CCN(C)C(=O)c1ccccc1)c1ccc(Cl)c(Cl)c1. The Morgan fingerprint density at radius 1 is 1.12 bits per heavy atom. The van der Waals surface area contributed by atoms with Crippen molar-refractivity contribution in [2.45, 2.75) is 12.3 Å². The van der Waals surface area contributed by atoms with Crippen LogP contribution in [-0.4, -0.2) is 38.0 Å². The average molecular weight is 365 g/mol. The second-order valence-corrected chi connectivity index (χ2v) is 6.62. The minimum atomic E-state index is 0.0351. The quantitative estimate of drug-likeness (QED) is 0.786. The molecule has 0 spiro atoms. The standard InChI is InChI=1S/C19H22Cl2N2O/c1-22-13-16(15-8-9-17(20)18(21)12-15)10-11-23(2)19(24)14-6-4-3-5-7-14/h3-9,12,16,22H,10-11,13H2,1-2H3. The molecule has 0 radical (unpaired) electrons. The molecule has 0 aliphatic heterocycles. The minimum absolute atomic E-state index is 0.0351. The summed E-state index contributed by atoms with van der Waals surface area (Å²) in [5.41, 5.74) is 1.83. The Balaban J connectivity index is 2.03. The van der Waals surface area contributed by atoms with E-state index in [2.05, 4.69) is 5.32 Å². The number of nitrogens with one attached hydrogen (secondary N) is 1. The van der Waals surface area contributed by atoms with Crippen molar-refractivity contribution in [3.63, 3.8) is 0 Å². The van der Waals surface area contributed by atoms with E-state index in [0.29, 0.717) is 22.2 Å². The van der Waals surface area contributed by atoms with Crippen molar-refractivity contribution in [3.8, 4) is 0 Å². The molecule has 1 N–H and O–H groups in total. The van der Waals surface area contributed by atoms with Gasteiger partial charge in [-0.05, 0) is 49.2 Å². The highest BCUT2D eigenvalue weighted by Gasteiger charge is 2.16. The van der Waals surface area contributed by atoms with E-state index in [-0.39, 0.29) is 11.8 Å². The first kappa shape index (κ1) is 18.8. The van der Waals surface area contributed by atoms with Crippen LogP contribution in [0.1, 0.15) is 28.3 Å². The zero-order chi connectivity index (χ0) is 17.5. The lowest BCUT2D eigenvalue weighted by Crippen LogP contribution is -2.30. The van der Waals surface area contributed by atoms with Crippen LogP contribution in [0, 0.1) is 0 Å². The van der Waals surface area contributed by atoms with E-state index in [9.17, 15) is 4.79 Å². The highest BCUT2D eigenvalue weighted by molar-refractivity contribution is 6.42. The van der Waals surface area contributed by atoms with Gasteiger partial charge in [0, 0.05) is 25.7 Å². The predicted molar refractivity (Wildman–Crippen MR) is 101 cm³/mol. The van der Waals surface area contributed by atoms with Crippen LogP contribution in [0.25, 0.3) is 0 Å². The number of hydrogen-bond acceptors (Lipinski definition) is 2. The average Bonchev–Trinajstić information content (AvgIpc) is 2.61. The van der Waals surface area contributed by atoms with E-state index in [1.165, 1.54) is 0 Å². The summed E-state index contributed by atoms with van der Waals surface area (Å²) in [6.45, 7) is 1.48. The first-order valence-corrected chi connectivity index (χ1v) is 8.68. The number of rotatable bonds is 7. The Hall–Kier alpha value is -1.55. The molecule has 0 bridgehead atoms. The van der Waals surface area contributed by atoms with Gasteiger partial charge in [-0.3, -0.25) is 4.79 Å². The van der Waals surface area contributed by atoms with Crippen molar-refractivity contribution in [3.05, 3.63) is 69.7 Å². The molecule has 0 saturated carbocycles. The highest BCUT2D eigenvalue weighted by Crippen LogP contribution is 2.28. The number of carbonyl (C=O) groups is 1. The number of hydrogen-bond donors (Lipinski definition) is 1. The van der Waals surface area contributed by atoms with Gasteiger partial charge >= 0.3 is 0 Å². The molecule has 0 saturated heterocycles. The lowest BCUT2D eigenvalue weighted by atomic mass is 9.95. The largest absolute Gasteiger partial charge is 0.342 e. The van der Waals surface area contributed by atoms with Gasteiger partial charge in [0.25, 0.3) is 5.91 Å². The minimum Gasteiger partial charge on any atom is -0.342 e. The van der Waals surface area contributed by atoms with Crippen molar-refractivity contribution in [2.75, 3.05) is 27.2 Å². The molecule has 5 heteroatoms. The molecule has 0 aromatic heterocycles. The first-order chi connectivity index (χ1) is 11.5. The fourth-order valence-electron chi connectivity index (χ4n) is 2.65. The van der Waals surface area contributed by atoms with E-state index < -0.39 is 0 Å². The Kier molecular flexibility index (Phi) is 7.10. The van der Waals surface area contributed by atoms with Crippen molar-refractivity contribution >= 4 is 29.1 Å². The van der Waals surface area contributed by atoms with Gasteiger partial charge < -0.3 is 10.2 Å². The van der Waals surface area contributed by atoms with Crippen LogP contribution in [0.2, 0.25) is 10.0 Å². The Morgan fingerprint density at radius 3 is 2.46 bits per heavy atom. The van der Waals surface area contributed by atoms with Crippen LogP contribution in [0.3, 0.4) is 0 Å². The summed E-state index contributed by atoms with van der Waals surface area (Å²) in [7, 11) is 3.75. The van der Waals surface area contributed by atoms with Gasteiger partial charge in [-0.15, -0.1) is 0 Å². The third-order valence-electron chi connectivity index (χ3n) is 4.05. The third-order valence-corrected chi connectivity index (χ3v) is 4.79. The van der Waals surface area contributed by atoms with Crippen LogP contribution in [-0.2, 0) is 0 Å². The molecule has 24 heavy (non-hydrogen) atoms. The Morgan fingerprint density at radius 2 is 1.83 bits per heavy atom. The van der Waals surface area contributed by atoms with Crippen LogP contribution < -0.4 is 5.32 Å². The summed E-state index contributed by atoms with van der Waals surface area (Å²) < 4.78 is 0. The fourth-order valence-corrected chi connectivity index (χ4v) is 2.96. The molecular formula is C19H22Cl2N2O.